The molecule has 0 aromatic heterocycles. The molecule has 124 valence electrons. The first-order valence-corrected chi connectivity index (χ1v) is 8.23. The highest BCUT2D eigenvalue weighted by Gasteiger charge is 2.27. The van der Waals surface area contributed by atoms with Gasteiger partial charge in [-0.25, -0.2) is 0 Å². The number of thiocarbonyl (C=S) groups is 1. The van der Waals surface area contributed by atoms with E-state index in [4.69, 9.17) is 17.0 Å². The number of nitrogens with zero attached hydrogens (tertiary/aromatic N) is 1. The zero-order valence-corrected chi connectivity index (χ0v) is 14.3. The average Bonchev–Trinajstić information content (AvgIpc) is 2.61. The third-order valence-corrected chi connectivity index (χ3v) is 4.52. The zero-order valence-electron chi connectivity index (χ0n) is 13.5. The van der Waals surface area contributed by atoms with Crippen molar-refractivity contribution in [2.24, 2.45) is 5.92 Å². The summed E-state index contributed by atoms with van der Waals surface area (Å²) >= 11 is 5.31. The molecule has 0 unspecified atom stereocenters. The first-order chi connectivity index (χ1) is 11.0. The number of nitrogens with one attached hydrogen (secondary N) is 1. The highest BCUT2D eigenvalue weighted by Crippen LogP contribution is 2.18. The number of ether oxygens (including phenoxy) is 1. The molecule has 2 rings (SSSR count). The van der Waals surface area contributed by atoms with Crippen LogP contribution in [0.25, 0.3) is 0 Å². The Hall–Kier alpha value is -1.95. The molecule has 1 aromatic carbocycles. The lowest BCUT2D eigenvalue weighted by molar-refractivity contribution is -0.146. The number of likely N-dealkylation sites (tertiary alicyclic amines) is 1. The fourth-order valence-corrected chi connectivity index (χ4v) is 2.90. The number of esters is 1. The van der Waals surface area contributed by atoms with Gasteiger partial charge in [-0.2, -0.15) is 0 Å². The molecular formula is C17H22N2O3S. The van der Waals surface area contributed by atoms with Crippen molar-refractivity contribution < 1.29 is 14.3 Å². The molecule has 1 amide bonds. The molecule has 1 fully saturated rings. The van der Waals surface area contributed by atoms with E-state index in [-0.39, 0.29) is 17.8 Å². The Balaban J connectivity index is 1.87. The smallest absolute Gasteiger partial charge is 0.308 e. The van der Waals surface area contributed by atoms with Crippen molar-refractivity contribution in [1.82, 2.24) is 10.2 Å². The van der Waals surface area contributed by atoms with Crippen molar-refractivity contribution in [1.29, 1.82) is 0 Å². The van der Waals surface area contributed by atoms with E-state index in [1.807, 2.05) is 17.0 Å². The van der Waals surface area contributed by atoms with Crippen LogP contribution in [0.3, 0.4) is 0 Å². The number of benzene rings is 1. The third-order valence-electron chi connectivity index (χ3n) is 4.16. The van der Waals surface area contributed by atoms with Crippen molar-refractivity contribution in [3.63, 3.8) is 0 Å². The predicted molar refractivity (Wildman–Crippen MR) is 92.2 cm³/mol. The summed E-state index contributed by atoms with van der Waals surface area (Å²) in [5, 5.41) is 3.18. The van der Waals surface area contributed by atoms with E-state index in [1.165, 1.54) is 12.7 Å². The Morgan fingerprint density at radius 1 is 1.26 bits per heavy atom. The monoisotopic (exact) mass is 334 g/mol. The van der Waals surface area contributed by atoms with Crippen molar-refractivity contribution >= 4 is 29.2 Å². The van der Waals surface area contributed by atoms with Crippen LogP contribution in [-0.4, -0.2) is 42.1 Å². The van der Waals surface area contributed by atoms with Gasteiger partial charge in [-0.15, -0.1) is 0 Å². The van der Waals surface area contributed by atoms with Gasteiger partial charge in [0.15, 0.2) is 5.11 Å². The molecule has 0 spiro atoms. The number of methoxy groups -OCH3 is 1. The second-order valence-electron chi connectivity index (χ2n) is 5.59. The lowest BCUT2D eigenvalue weighted by Gasteiger charge is -2.32. The number of hydrogen-bond acceptors (Lipinski definition) is 4. The molecule has 0 radical (unpaired) electrons. The second-order valence-corrected chi connectivity index (χ2v) is 5.98. The minimum absolute atomic E-state index is 0.0728. The lowest BCUT2D eigenvalue weighted by atomic mass is 9.97. The summed E-state index contributed by atoms with van der Waals surface area (Å²) in [5.74, 6) is -0.445. The highest BCUT2D eigenvalue weighted by atomic mass is 32.1. The summed E-state index contributed by atoms with van der Waals surface area (Å²) in [6, 6.07) is 7.50. The average molecular weight is 334 g/mol. The van der Waals surface area contributed by atoms with Crippen molar-refractivity contribution in [2.45, 2.75) is 26.2 Å². The minimum atomic E-state index is -0.201. The van der Waals surface area contributed by atoms with Crippen LogP contribution in [0.15, 0.2) is 24.3 Å². The van der Waals surface area contributed by atoms with Crippen LogP contribution in [0, 0.1) is 5.92 Å². The fraction of sp³-hybridized carbons (Fsp3) is 0.471. The van der Waals surface area contributed by atoms with Crippen molar-refractivity contribution in [2.75, 3.05) is 20.2 Å². The Labute approximate surface area is 142 Å². The number of carbonyl (C=O) groups excluding carboxylic acids is 2. The normalized spacial score (nSPS) is 15.1. The topological polar surface area (TPSA) is 58.6 Å². The Kier molecular flexibility index (Phi) is 6.10. The fourth-order valence-electron chi connectivity index (χ4n) is 2.63. The molecule has 6 heteroatoms. The van der Waals surface area contributed by atoms with E-state index in [0.29, 0.717) is 36.6 Å². The number of piperidine rings is 1. The van der Waals surface area contributed by atoms with E-state index in [2.05, 4.69) is 12.2 Å². The van der Waals surface area contributed by atoms with Crippen LogP contribution >= 0.6 is 12.2 Å². The molecular weight excluding hydrogens is 312 g/mol. The summed E-state index contributed by atoms with van der Waals surface area (Å²) in [4.78, 5) is 25.7. The largest absolute Gasteiger partial charge is 0.469 e. The Morgan fingerprint density at radius 2 is 1.87 bits per heavy atom. The van der Waals surface area contributed by atoms with Crippen LogP contribution in [0.4, 0.5) is 0 Å². The molecule has 0 aliphatic carbocycles. The van der Waals surface area contributed by atoms with E-state index in [9.17, 15) is 9.59 Å². The van der Waals surface area contributed by atoms with E-state index < -0.39 is 0 Å². The molecule has 1 aliphatic rings. The first-order valence-electron chi connectivity index (χ1n) is 7.82. The number of aryl methyl sites for hydroxylation is 1. The van der Waals surface area contributed by atoms with Gasteiger partial charge in [0, 0.05) is 18.7 Å². The van der Waals surface area contributed by atoms with Crippen LogP contribution in [0.5, 0.6) is 0 Å². The number of amides is 1. The van der Waals surface area contributed by atoms with Gasteiger partial charge in [0.2, 0.25) is 0 Å². The van der Waals surface area contributed by atoms with Gasteiger partial charge in [0.05, 0.1) is 13.0 Å². The van der Waals surface area contributed by atoms with Gasteiger partial charge in [-0.05, 0) is 49.2 Å². The van der Waals surface area contributed by atoms with Gasteiger partial charge in [-0.3, -0.25) is 14.9 Å². The molecule has 0 bridgehead atoms. The number of rotatable bonds is 3. The molecule has 1 aromatic rings. The molecule has 5 nitrogen and oxygen atoms in total. The maximum absolute atomic E-state index is 12.2. The first kappa shape index (κ1) is 17.4. The number of carbonyl (C=O) groups is 2. The van der Waals surface area contributed by atoms with E-state index in [0.717, 1.165) is 6.42 Å². The van der Waals surface area contributed by atoms with E-state index in [1.54, 1.807) is 12.1 Å². The summed E-state index contributed by atoms with van der Waals surface area (Å²) in [6.07, 6.45) is 2.32. The van der Waals surface area contributed by atoms with Crippen LogP contribution in [0.2, 0.25) is 0 Å². The van der Waals surface area contributed by atoms with E-state index >= 15 is 0 Å². The third kappa shape index (κ3) is 4.51. The van der Waals surface area contributed by atoms with Crippen LogP contribution in [-0.2, 0) is 16.0 Å². The minimum Gasteiger partial charge on any atom is -0.469 e. The van der Waals surface area contributed by atoms with Crippen molar-refractivity contribution in [3.05, 3.63) is 35.4 Å². The Morgan fingerprint density at radius 3 is 2.39 bits per heavy atom. The standard InChI is InChI=1S/C17H22N2O3S/c1-3-12-4-6-13(7-5-12)15(20)18-17(23)19-10-8-14(9-11-19)16(21)22-2/h4-7,14H,3,8-11H2,1-2H3,(H,18,20,23). The molecule has 1 heterocycles. The van der Waals surface area contributed by atoms with Crippen LogP contribution < -0.4 is 5.32 Å². The Bertz CT molecular complexity index is 578. The summed E-state index contributed by atoms with van der Waals surface area (Å²) in [5.41, 5.74) is 1.78. The molecule has 1 N–H and O–H groups in total. The molecule has 1 saturated heterocycles. The van der Waals surface area contributed by atoms with Crippen LogP contribution in [0.1, 0.15) is 35.7 Å². The highest BCUT2D eigenvalue weighted by molar-refractivity contribution is 7.80. The maximum atomic E-state index is 12.2. The maximum Gasteiger partial charge on any atom is 0.308 e. The zero-order chi connectivity index (χ0) is 16.8. The molecule has 0 saturated carbocycles. The second kappa shape index (κ2) is 8.06. The summed E-state index contributed by atoms with van der Waals surface area (Å²) in [6.45, 7) is 3.36. The molecule has 1 aliphatic heterocycles. The quantitative estimate of drug-likeness (QED) is 0.678. The summed E-state index contributed by atoms with van der Waals surface area (Å²) < 4.78 is 4.77. The van der Waals surface area contributed by atoms with Gasteiger partial charge >= 0.3 is 5.97 Å². The predicted octanol–water partition coefficient (Wildman–Crippen LogP) is 2.15. The molecule has 23 heavy (non-hydrogen) atoms. The van der Waals surface area contributed by atoms with Gasteiger partial charge in [0.25, 0.3) is 5.91 Å². The van der Waals surface area contributed by atoms with Gasteiger partial charge in [0.1, 0.15) is 0 Å². The lowest BCUT2D eigenvalue weighted by Crippen LogP contribution is -2.47. The SMILES string of the molecule is CCc1ccc(C(=O)NC(=S)N2CCC(C(=O)OC)CC2)cc1. The molecule has 0 atom stereocenters. The van der Waals surface area contributed by atoms with Gasteiger partial charge in [-0.1, -0.05) is 19.1 Å². The summed E-state index contributed by atoms with van der Waals surface area (Å²) in [7, 11) is 1.41. The van der Waals surface area contributed by atoms with Crippen molar-refractivity contribution in [3.8, 4) is 0 Å². The van der Waals surface area contributed by atoms with Gasteiger partial charge < -0.3 is 9.64 Å². The number of hydrogen-bond donors (Lipinski definition) is 1.